The molecule has 6 atom stereocenters. The lowest BCUT2D eigenvalue weighted by atomic mass is 9.82. The molecule has 184 valence electrons. The van der Waals surface area contributed by atoms with E-state index in [1.54, 1.807) is 0 Å². The summed E-state index contributed by atoms with van der Waals surface area (Å²) < 4.78 is 97.4. The first-order valence-corrected chi connectivity index (χ1v) is 12.1. The Labute approximate surface area is 183 Å². The summed E-state index contributed by atoms with van der Waals surface area (Å²) in [7, 11) is -5.53. The third-order valence-corrected chi connectivity index (χ3v) is 8.77. The van der Waals surface area contributed by atoms with Crippen LogP contribution in [0.25, 0.3) is 0 Å². The molecule has 0 radical (unpaired) electrons. The zero-order valence-electron chi connectivity index (χ0n) is 17.9. The third kappa shape index (κ3) is 3.89. The molecule has 3 saturated heterocycles. The van der Waals surface area contributed by atoms with Crippen molar-refractivity contribution < 1.29 is 49.8 Å². The number of sulfone groups is 1. The number of carbonyl (C=O) groups excluding carboxylic acids is 2. The van der Waals surface area contributed by atoms with Crippen molar-refractivity contribution in [3.8, 4) is 0 Å². The van der Waals surface area contributed by atoms with Gasteiger partial charge in [-0.15, -0.1) is 0 Å². The number of halogens is 4. The van der Waals surface area contributed by atoms with Crippen molar-refractivity contribution in [1.29, 1.82) is 0 Å². The smallest absolute Gasteiger partial charge is 0.408 e. The number of ether oxygens (including phenoxy) is 3. The molecule has 0 saturated carbocycles. The number of rotatable bonds is 11. The summed E-state index contributed by atoms with van der Waals surface area (Å²) in [5.41, 5.74) is 0. The molecule has 6 unspecified atom stereocenters. The summed E-state index contributed by atoms with van der Waals surface area (Å²) in [6.45, 7) is 3.60. The zero-order valence-corrected chi connectivity index (χ0v) is 18.7. The molecule has 8 nitrogen and oxygen atoms in total. The number of hydrogen-bond acceptors (Lipinski definition) is 8. The highest BCUT2D eigenvalue weighted by molar-refractivity contribution is 7.93. The van der Waals surface area contributed by atoms with E-state index < -0.39 is 87.9 Å². The topological polar surface area (TPSA) is 99.2 Å². The van der Waals surface area contributed by atoms with E-state index in [0.717, 1.165) is 11.8 Å². The van der Waals surface area contributed by atoms with E-state index in [0.29, 0.717) is 6.42 Å². The summed E-state index contributed by atoms with van der Waals surface area (Å²) in [5.74, 6) is -7.45. The molecular weight excluding hydrogens is 462 g/mol. The molecule has 0 spiro atoms. The fourth-order valence-corrected chi connectivity index (χ4v) is 6.27. The van der Waals surface area contributed by atoms with Crippen molar-refractivity contribution in [2.45, 2.75) is 74.9 Å². The Bertz CT molecular complexity index is 849. The molecular formula is C19H27F4NO7S. The number of fused-ring (bicyclic) bond motifs is 1. The molecule has 13 heteroatoms. The van der Waals surface area contributed by atoms with Gasteiger partial charge in [0.1, 0.15) is 23.5 Å². The molecule has 0 aromatic heterocycles. The molecule has 0 aromatic carbocycles. The van der Waals surface area contributed by atoms with E-state index >= 15 is 0 Å². The molecule has 0 aliphatic carbocycles. The lowest BCUT2D eigenvalue weighted by Gasteiger charge is -2.33. The summed E-state index contributed by atoms with van der Waals surface area (Å²) in [4.78, 5) is 25.1. The van der Waals surface area contributed by atoms with Crippen molar-refractivity contribution in [1.82, 2.24) is 4.90 Å². The van der Waals surface area contributed by atoms with Crippen LogP contribution in [0.4, 0.5) is 17.6 Å². The van der Waals surface area contributed by atoms with Gasteiger partial charge in [-0.1, -0.05) is 13.8 Å². The Morgan fingerprint density at radius 2 is 1.84 bits per heavy atom. The van der Waals surface area contributed by atoms with Gasteiger partial charge in [0, 0.05) is 6.42 Å². The first kappa shape index (κ1) is 25.2. The fourth-order valence-electron chi connectivity index (χ4n) is 4.63. The molecule has 0 amide bonds. The van der Waals surface area contributed by atoms with E-state index in [1.165, 1.54) is 13.8 Å². The van der Waals surface area contributed by atoms with E-state index in [9.17, 15) is 35.6 Å². The van der Waals surface area contributed by atoms with Crippen LogP contribution in [0.1, 0.15) is 40.0 Å². The van der Waals surface area contributed by atoms with Gasteiger partial charge >= 0.3 is 23.1 Å². The fraction of sp³-hybridized carbons (Fsp3) is 0.895. The van der Waals surface area contributed by atoms with Crippen LogP contribution in [0.3, 0.4) is 0 Å². The van der Waals surface area contributed by atoms with Gasteiger partial charge in [-0.05, 0) is 32.9 Å². The summed E-state index contributed by atoms with van der Waals surface area (Å²) in [6, 6.07) is 0. The van der Waals surface area contributed by atoms with Crippen LogP contribution in [0.15, 0.2) is 0 Å². The maximum Gasteiger partial charge on any atom is 0.408 e. The van der Waals surface area contributed by atoms with Crippen molar-refractivity contribution in [2.24, 2.45) is 11.8 Å². The second-order valence-corrected chi connectivity index (χ2v) is 10.6. The quantitative estimate of drug-likeness (QED) is 0.247. The van der Waals surface area contributed by atoms with Crippen molar-refractivity contribution >= 4 is 21.8 Å². The molecule has 2 bridgehead atoms. The number of alkyl halides is 4. The van der Waals surface area contributed by atoms with Crippen LogP contribution in [-0.2, 0) is 33.6 Å². The maximum absolute atomic E-state index is 14.4. The Morgan fingerprint density at radius 3 is 2.44 bits per heavy atom. The Morgan fingerprint density at radius 1 is 1.22 bits per heavy atom. The van der Waals surface area contributed by atoms with Crippen LogP contribution in [0.5, 0.6) is 0 Å². The van der Waals surface area contributed by atoms with Crippen LogP contribution in [0, 0.1) is 11.8 Å². The number of carbonyl (C=O) groups is 2. The highest BCUT2D eigenvalue weighted by Gasteiger charge is 2.67. The number of nitrogens with zero attached hydrogens (tertiary/aromatic N) is 1. The second kappa shape index (κ2) is 8.71. The minimum atomic E-state index is -5.53. The van der Waals surface area contributed by atoms with Gasteiger partial charge in [-0.25, -0.2) is 8.42 Å². The summed E-state index contributed by atoms with van der Waals surface area (Å²) in [5, 5.41) is -7.09. The van der Waals surface area contributed by atoms with E-state index in [4.69, 9.17) is 14.2 Å². The number of hydrogen-bond donors (Lipinski definition) is 0. The highest BCUT2D eigenvalue weighted by atomic mass is 32.2. The van der Waals surface area contributed by atoms with Gasteiger partial charge in [-0.2, -0.15) is 17.6 Å². The predicted molar refractivity (Wildman–Crippen MR) is 102 cm³/mol. The van der Waals surface area contributed by atoms with Crippen LogP contribution >= 0.6 is 0 Å². The molecule has 3 aliphatic rings. The predicted octanol–water partition coefficient (Wildman–Crippen LogP) is 1.97. The van der Waals surface area contributed by atoms with E-state index in [-0.39, 0.29) is 13.1 Å². The first-order valence-electron chi connectivity index (χ1n) is 10.6. The summed E-state index contributed by atoms with van der Waals surface area (Å²) >= 11 is 0. The molecule has 32 heavy (non-hydrogen) atoms. The molecule has 0 aromatic rings. The normalized spacial score (nSPS) is 30.6. The maximum atomic E-state index is 14.4. The first-order chi connectivity index (χ1) is 14.8. The Hall–Kier alpha value is -1.47. The van der Waals surface area contributed by atoms with Crippen LogP contribution in [-0.4, -0.2) is 79.8 Å². The molecule has 3 rings (SSSR count). The van der Waals surface area contributed by atoms with Gasteiger partial charge in [-0.3, -0.25) is 14.5 Å². The highest BCUT2D eigenvalue weighted by Crippen LogP contribution is 2.50. The molecule has 3 heterocycles. The Balaban J connectivity index is 1.54. The van der Waals surface area contributed by atoms with Crippen LogP contribution in [0.2, 0.25) is 0 Å². The van der Waals surface area contributed by atoms with Gasteiger partial charge in [0.25, 0.3) is 0 Å². The van der Waals surface area contributed by atoms with Gasteiger partial charge in [0.15, 0.2) is 0 Å². The average Bonchev–Trinajstić information content (AvgIpc) is 3.35. The van der Waals surface area contributed by atoms with E-state index in [2.05, 4.69) is 0 Å². The van der Waals surface area contributed by atoms with E-state index in [1.807, 2.05) is 0 Å². The standard InChI is InChI=1S/C19H27F4NO7S/c1-4-24(5-2)10(3)32(27,28)19(22,23)18(20,21)7-6-8-29-17(26)13-12-9-11-14(30-12)15(13)31-16(11)25/h10-15H,4-9H2,1-3H3. The number of esters is 2. The van der Waals surface area contributed by atoms with Crippen molar-refractivity contribution in [2.75, 3.05) is 19.7 Å². The largest absolute Gasteiger partial charge is 0.465 e. The zero-order chi connectivity index (χ0) is 24.1. The Kier molecular flexibility index (Phi) is 6.85. The van der Waals surface area contributed by atoms with Gasteiger partial charge in [0.2, 0.25) is 9.84 Å². The molecule has 3 fully saturated rings. The van der Waals surface area contributed by atoms with Crippen molar-refractivity contribution in [3.05, 3.63) is 0 Å². The third-order valence-electron chi connectivity index (χ3n) is 6.56. The second-order valence-electron chi connectivity index (χ2n) is 8.27. The molecule has 0 N–H and O–H groups in total. The minimum absolute atomic E-state index is 0.0955. The van der Waals surface area contributed by atoms with Crippen LogP contribution < -0.4 is 0 Å². The minimum Gasteiger partial charge on any atom is -0.465 e. The average molecular weight is 489 g/mol. The lowest BCUT2D eigenvalue weighted by Crippen LogP contribution is -2.54. The SMILES string of the molecule is CCN(CC)C(C)S(=O)(=O)C(F)(F)C(F)(F)CCCOC(=O)C1C2CC3C(=O)OC1C3O2. The lowest BCUT2D eigenvalue weighted by molar-refractivity contribution is -0.167. The summed E-state index contributed by atoms with van der Waals surface area (Å²) in [6.07, 6.45) is -3.79. The van der Waals surface area contributed by atoms with Gasteiger partial charge in [0.05, 0.1) is 18.6 Å². The molecule has 3 aliphatic heterocycles. The van der Waals surface area contributed by atoms with Crippen molar-refractivity contribution in [3.63, 3.8) is 0 Å². The monoisotopic (exact) mass is 489 g/mol. The van der Waals surface area contributed by atoms with Gasteiger partial charge < -0.3 is 14.2 Å².